The highest BCUT2D eigenvalue weighted by Gasteiger charge is 2.16. The van der Waals surface area contributed by atoms with E-state index in [1.54, 1.807) is 32.4 Å². The van der Waals surface area contributed by atoms with Gasteiger partial charge >= 0.3 is 0 Å². The highest BCUT2D eigenvalue weighted by Crippen LogP contribution is 2.30. The van der Waals surface area contributed by atoms with Gasteiger partial charge in [-0.3, -0.25) is 4.79 Å². The van der Waals surface area contributed by atoms with Gasteiger partial charge in [0.25, 0.3) is 5.91 Å². The molecule has 2 N–H and O–H groups in total. The van der Waals surface area contributed by atoms with Gasteiger partial charge in [0, 0.05) is 17.0 Å². The second-order valence-electron chi connectivity index (χ2n) is 5.69. The summed E-state index contributed by atoms with van der Waals surface area (Å²) < 4.78 is 10.5. The molecule has 1 aromatic heterocycles. The first-order chi connectivity index (χ1) is 11.5. The molecule has 0 atom stereocenters. The standard InChI is InChI=1S/C19H20N2O3/c1-11-5-7-15-14(9-11)12(2)18(20-15)19(22)21-16-8-6-13(23-3)10-17(16)24-4/h5-10,20H,1-4H3,(H,21,22). The minimum Gasteiger partial charge on any atom is -0.497 e. The minimum absolute atomic E-state index is 0.204. The van der Waals surface area contributed by atoms with Crippen LogP contribution in [0.15, 0.2) is 36.4 Å². The zero-order valence-corrected chi connectivity index (χ0v) is 14.2. The largest absolute Gasteiger partial charge is 0.497 e. The average molecular weight is 324 g/mol. The molecule has 24 heavy (non-hydrogen) atoms. The van der Waals surface area contributed by atoms with E-state index in [0.717, 1.165) is 22.0 Å². The van der Waals surface area contributed by atoms with Crippen molar-refractivity contribution in [2.24, 2.45) is 0 Å². The van der Waals surface area contributed by atoms with Crippen molar-refractivity contribution in [3.8, 4) is 11.5 Å². The smallest absolute Gasteiger partial charge is 0.272 e. The molecule has 0 fully saturated rings. The third kappa shape index (κ3) is 2.80. The van der Waals surface area contributed by atoms with E-state index in [1.807, 2.05) is 26.0 Å². The Balaban J connectivity index is 1.94. The van der Waals surface area contributed by atoms with Crippen molar-refractivity contribution < 1.29 is 14.3 Å². The summed E-state index contributed by atoms with van der Waals surface area (Å²) in [7, 11) is 3.14. The number of rotatable bonds is 4. The van der Waals surface area contributed by atoms with Gasteiger partial charge in [0.2, 0.25) is 0 Å². The van der Waals surface area contributed by atoms with Crippen molar-refractivity contribution in [1.29, 1.82) is 0 Å². The van der Waals surface area contributed by atoms with Gasteiger partial charge in [-0.15, -0.1) is 0 Å². The van der Waals surface area contributed by atoms with Crippen molar-refractivity contribution in [3.05, 3.63) is 53.2 Å². The number of methoxy groups -OCH3 is 2. The summed E-state index contributed by atoms with van der Waals surface area (Å²) in [5.74, 6) is 1.01. The second kappa shape index (κ2) is 6.28. The Bertz CT molecular complexity index is 912. The Morgan fingerprint density at radius 2 is 1.83 bits per heavy atom. The van der Waals surface area contributed by atoms with Crippen LogP contribution in [0.25, 0.3) is 10.9 Å². The van der Waals surface area contributed by atoms with Crippen molar-refractivity contribution in [2.75, 3.05) is 19.5 Å². The zero-order valence-electron chi connectivity index (χ0n) is 14.2. The van der Waals surface area contributed by atoms with Crippen LogP contribution in [0, 0.1) is 13.8 Å². The Morgan fingerprint density at radius 3 is 2.54 bits per heavy atom. The molecule has 0 spiro atoms. The third-order valence-corrected chi connectivity index (χ3v) is 4.10. The maximum Gasteiger partial charge on any atom is 0.272 e. The number of H-pyrrole nitrogens is 1. The van der Waals surface area contributed by atoms with Crippen LogP contribution in [0.3, 0.4) is 0 Å². The van der Waals surface area contributed by atoms with E-state index in [0.29, 0.717) is 22.9 Å². The van der Waals surface area contributed by atoms with Gasteiger partial charge in [-0.25, -0.2) is 0 Å². The highest BCUT2D eigenvalue weighted by atomic mass is 16.5. The summed E-state index contributed by atoms with van der Waals surface area (Å²) in [5.41, 5.74) is 4.18. The zero-order chi connectivity index (χ0) is 17.3. The summed E-state index contributed by atoms with van der Waals surface area (Å²) in [6.45, 7) is 3.98. The predicted octanol–water partition coefficient (Wildman–Crippen LogP) is 4.05. The summed E-state index contributed by atoms with van der Waals surface area (Å²) >= 11 is 0. The molecule has 1 amide bonds. The summed E-state index contributed by atoms with van der Waals surface area (Å²) in [6.07, 6.45) is 0. The molecule has 3 aromatic rings. The molecule has 124 valence electrons. The molecule has 3 rings (SSSR count). The van der Waals surface area contributed by atoms with Gasteiger partial charge in [0.1, 0.15) is 17.2 Å². The molecule has 2 aromatic carbocycles. The number of carbonyl (C=O) groups excluding carboxylic acids is 1. The van der Waals surface area contributed by atoms with Gasteiger partial charge in [0.05, 0.1) is 19.9 Å². The second-order valence-corrected chi connectivity index (χ2v) is 5.69. The van der Waals surface area contributed by atoms with Gasteiger partial charge in [-0.2, -0.15) is 0 Å². The number of aryl methyl sites for hydroxylation is 2. The Hall–Kier alpha value is -2.95. The van der Waals surface area contributed by atoms with Crippen LogP contribution in [0.1, 0.15) is 21.6 Å². The van der Waals surface area contributed by atoms with Crippen LogP contribution in [0.2, 0.25) is 0 Å². The molecule has 0 aliphatic carbocycles. The Morgan fingerprint density at radius 1 is 1.04 bits per heavy atom. The lowest BCUT2D eigenvalue weighted by Gasteiger charge is -2.11. The van der Waals surface area contributed by atoms with E-state index in [2.05, 4.69) is 16.4 Å². The Labute approximate surface area is 140 Å². The normalized spacial score (nSPS) is 10.7. The van der Waals surface area contributed by atoms with Gasteiger partial charge in [0.15, 0.2) is 0 Å². The predicted molar refractivity (Wildman–Crippen MR) is 95.3 cm³/mol. The molecule has 0 aliphatic heterocycles. The van der Waals surface area contributed by atoms with Crippen LogP contribution in [0.5, 0.6) is 11.5 Å². The molecule has 1 heterocycles. The quantitative estimate of drug-likeness (QED) is 0.761. The maximum absolute atomic E-state index is 12.7. The molecule has 0 saturated heterocycles. The van der Waals surface area contributed by atoms with E-state index in [4.69, 9.17) is 9.47 Å². The molecule has 0 saturated carbocycles. The minimum atomic E-state index is -0.204. The number of benzene rings is 2. The van der Waals surface area contributed by atoms with Crippen molar-refractivity contribution >= 4 is 22.5 Å². The Kier molecular flexibility index (Phi) is 4.16. The van der Waals surface area contributed by atoms with Crippen LogP contribution < -0.4 is 14.8 Å². The first kappa shape index (κ1) is 15.9. The fourth-order valence-electron chi connectivity index (χ4n) is 2.75. The van der Waals surface area contributed by atoms with E-state index in [-0.39, 0.29) is 5.91 Å². The molecule has 5 nitrogen and oxygen atoms in total. The maximum atomic E-state index is 12.7. The lowest BCUT2D eigenvalue weighted by molar-refractivity contribution is 0.102. The number of anilines is 1. The molecular weight excluding hydrogens is 304 g/mol. The topological polar surface area (TPSA) is 63.3 Å². The lowest BCUT2D eigenvalue weighted by Crippen LogP contribution is -2.14. The molecular formula is C19H20N2O3. The number of fused-ring (bicyclic) bond motifs is 1. The third-order valence-electron chi connectivity index (χ3n) is 4.10. The summed E-state index contributed by atoms with van der Waals surface area (Å²) in [5, 5.41) is 3.95. The van der Waals surface area contributed by atoms with Gasteiger partial charge < -0.3 is 19.8 Å². The fraction of sp³-hybridized carbons (Fsp3) is 0.211. The number of ether oxygens (including phenoxy) is 2. The number of nitrogens with one attached hydrogen (secondary N) is 2. The monoisotopic (exact) mass is 324 g/mol. The van der Waals surface area contributed by atoms with E-state index in [1.165, 1.54) is 0 Å². The molecule has 0 unspecified atom stereocenters. The van der Waals surface area contributed by atoms with Crippen LogP contribution in [-0.4, -0.2) is 25.1 Å². The van der Waals surface area contributed by atoms with Gasteiger partial charge in [-0.05, 0) is 43.7 Å². The first-order valence-corrected chi connectivity index (χ1v) is 7.65. The van der Waals surface area contributed by atoms with Crippen LogP contribution >= 0.6 is 0 Å². The van der Waals surface area contributed by atoms with E-state index >= 15 is 0 Å². The number of aromatic amines is 1. The van der Waals surface area contributed by atoms with Crippen molar-refractivity contribution in [3.63, 3.8) is 0 Å². The summed E-state index contributed by atoms with van der Waals surface area (Å²) in [4.78, 5) is 15.9. The number of hydrogen-bond acceptors (Lipinski definition) is 3. The van der Waals surface area contributed by atoms with E-state index < -0.39 is 0 Å². The first-order valence-electron chi connectivity index (χ1n) is 7.65. The number of carbonyl (C=O) groups is 1. The average Bonchev–Trinajstić information content (AvgIpc) is 2.91. The van der Waals surface area contributed by atoms with Crippen LogP contribution in [-0.2, 0) is 0 Å². The molecule has 5 heteroatoms. The van der Waals surface area contributed by atoms with E-state index in [9.17, 15) is 4.79 Å². The number of amides is 1. The van der Waals surface area contributed by atoms with Crippen molar-refractivity contribution in [1.82, 2.24) is 4.98 Å². The number of hydrogen-bond donors (Lipinski definition) is 2. The van der Waals surface area contributed by atoms with Crippen molar-refractivity contribution in [2.45, 2.75) is 13.8 Å². The molecule has 0 radical (unpaired) electrons. The summed E-state index contributed by atoms with van der Waals surface area (Å²) in [6, 6.07) is 11.4. The number of aromatic nitrogens is 1. The highest BCUT2D eigenvalue weighted by molar-refractivity contribution is 6.08. The SMILES string of the molecule is COc1ccc(NC(=O)c2[nH]c3ccc(C)cc3c2C)c(OC)c1. The van der Waals surface area contributed by atoms with Crippen LogP contribution in [0.4, 0.5) is 5.69 Å². The van der Waals surface area contributed by atoms with Gasteiger partial charge in [-0.1, -0.05) is 11.6 Å². The molecule has 0 bridgehead atoms. The lowest BCUT2D eigenvalue weighted by atomic mass is 10.1. The molecule has 0 aliphatic rings. The fourth-order valence-corrected chi connectivity index (χ4v) is 2.75.